The molecule has 5 rings (SSSR count). The zero-order valence-corrected chi connectivity index (χ0v) is 20.3. The largest absolute Gasteiger partial charge is 0.491 e. The fourth-order valence-electron chi connectivity index (χ4n) is 4.78. The van der Waals surface area contributed by atoms with Crippen molar-refractivity contribution in [1.82, 2.24) is 9.80 Å². The molecule has 178 valence electrons. The number of amidine groups is 1. The van der Waals surface area contributed by atoms with Crippen molar-refractivity contribution in [3.63, 3.8) is 0 Å². The summed E-state index contributed by atoms with van der Waals surface area (Å²) < 4.78 is 20.4. The Labute approximate surface area is 210 Å². The number of fused-ring (bicyclic) bond motifs is 3. The monoisotopic (exact) mass is 522 g/mol. The number of carbonyl (C=O) groups excluding carboxylic acids is 2. The summed E-state index contributed by atoms with van der Waals surface area (Å²) in [7, 11) is 0. The molecule has 1 unspecified atom stereocenters. The highest BCUT2D eigenvalue weighted by Gasteiger charge is 2.41. The van der Waals surface area contributed by atoms with E-state index in [1.807, 2.05) is 0 Å². The van der Waals surface area contributed by atoms with Gasteiger partial charge in [-0.05, 0) is 23.8 Å². The molecule has 0 aromatic heterocycles. The van der Waals surface area contributed by atoms with Crippen molar-refractivity contribution in [2.45, 2.75) is 23.8 Å². The van der Waals surface area contributed by atoms with Crippen LogP contribution in [0.1, 0.15) is 22.3 Å². The maximum Gasteiger partial charge on any atom is 0.258 e. The van der Waals surface area contributed by atoms with Gasteiger partial charge in [0.1, 0.15) is 5.83 Å². The summed E-state index contributed by atoms with van der Waals surface area (Å²) in [5, 5.41) is 0.134. The molecule has 3 aliphatic heterocycles. The minimum absolute atomic E-state index is 0.163. The zero-order valence-electron chi connectivity index (χ0n) is 18.0. The third-order valence-electron chi connectivity index (χ3n) is 6.43. The minimum atomic E-state index is -0.577. The van der Waals surface area contributed by atoms with Crippen molar-refractivity contribution in [1.29, 1.82) is 0 Å². The molecule has 0 spiro atoms. The van der Waals surface area contributed by atoms with Gasteiger partial charge < -0.3 is 20.3 Å². The number of thioether (sulfide) groups is 1. The van der Waals surface area contributed by atoms with Crippen LogP contribution in [-0.2, 0) is 4.79 Å². The maximum atomic E-state index is 14.4. The molecule has 3 heterocycles. The van der Waals surface area contributed by atoms with E-state index in [1.165, 1.54) is 12.2 Å². The highest BCUT2D eigenvalue weighted by Crippen LogP contribution is 2.48. The average molecular weight is 523 g/mol. The van der Waals surface area contributed by atoms with Gasteiger partial charge in [-0.1, -0.05) is 47.6 Å². The number of nitrogens with zero attached hydrogens (tertiary/aromatic N) is 3. The Morgan fingerprint density at radius 3 is 2.91 bits per heavy atom. The predicted octanol–water partition coefficient (Wildman–Crippen LogP) is 3.66. The van der Waals surface area contributed by atoms with Crippen molar-refractivity contribution in [2.75, 3.05) is 26.2 Å². The standard InChI is InChI=1S/C23H21Cl2FN4O3S/c1-2-16(31)29-6-7-30-11(10-29)5-8-33-20-13(22(30)32)9-14(24)17(18(20)25)12-3-4-15(26)21-19(12)28-23(27)34-21/h2-4,9,11,19,21H,1,5-8,10H2,(H2,27,28)/t11-,19-,21?/m0/s1. The topological polar surface area (TPSA) is 88.2 Å². The van der Waals surface area contributed by atoms with Crippen molar-refractivity contribution >= 4 is 57.5 Å². The van der Waals surface area contributed by atoms with E-state index in [0.717, 1.165) is 11.8 Å². The summed E-state index contributed by atoms with van der Waals surface area (Å²) in [6.07, 6.45) is 4.76. The summed E-state index contributed by atoms with van der Waals surface area (Å²) in [4.78, 5) is 33.4. The van der Waals surface area contributed by atoms with E-state index in [1.54, 1.807) is 21.9 Å². The predicted molar refractivity (Wildman–Crippen MR) is 132 cm³/mol. The van der Waals surface area contributed by atoms with Crippen LogP contribution in [0.5, 0.6) is 5.75 Å². The molecule has 1 aliphatic carbocycles. The van der Waals surface area contributed by atoms with Crippen molar-refractivity contribution in [3.8, 4) is 5.75 Å². The van der Waals surface area contributed by atoms with Crippen LogP contribution in [0.3, 0.4) is 0 Å². The molecular formula is C23H21Cl2FN4O3S. The van der Waals surface area contributed by atoms with Crippen LogP contribution >= 0.6 is 35.0 Å². The number of aliphatic imine (C=N–C) groups is 1. The number of allylic oxidation sites excluding steroid dienone is 2. The summed E-state index contributed by atoms with van der Waals surface area (Å²) in [6.45, 7) is 5.02. The number of carbonyl (C=O) groups is 2. The lowest BCUT2D eigenvalue weighted by atomic mass is 9.90. The van der Waals surface area contributed by atoms with E-state index in [0.29, 0.717) is 43.8 Å². The van der Waals surface area contributed by atoms with E-state index in [2.05, 4.69) is 11.6 Å². The first kappa shape index (κ1) is 23.3. The number of rotatable bonds is 2. The average Bonchev–Trinajstić information content (AvgIpc) is 3.22. The van der Waals surface area contributed by atoms with Crippen LogP contribution in [0.25, 0.3) is 5.57 Å². The van der Waals surface area contributed by atoms with Crippen LogP contribution in [0.4, 0.5) is 4.39 Å². The van der Waals surface area contributed by atoms with Crippen LogP contribution < -0.4 is 10.5 Å². The highest BCUT2D eigenvalue weighted by atomic mass is 35.5. The fraction of sp³-hybridized carbons (Fsp3) is 0.348. The van der Waals surface area contributed by atoms with Gasteiger partial charge in [0.2, 0.25) is 5.91 Å². The Balaban J connectivity index is 1.53. The van der Waals surface area contributed by atoms with Gasteiger partial charge in [0, 0.05) is 31.6 Å². The Morgan fingerprint density at radius 1 is 1.35 bits per heavy atom. The van der Waals surface area contributed by atoms with Crippen LogP contribution in [0, 0.1) is 0 Å². The molecule has 1 saturated heterocycles. The van der Waals surface area contributed by atoms with E-state index in [-0.39, 0.29) is 50.2 Å². The molecule has 2 N–H and O–H groups in total. The van der Waals surface area contributed by atoms with Gasteiger partial charge >= 0.3 is 0 Å². The molecular weight excluding hydrogens is 502 g/mol. The normalized spacial score (nSPS) is 26.1. The molecule has 3 atom stereocenters. The SMILES string of the molecule is C=CC(=O)N1CCN2C(=O)c3cc(Cl)c(C4=CC=C(F)C5SC(N)=N[C@@H]45)c(Cl)c3OCC[C@H]2C1. The number of hydrogen-bond acceptors (Lipinski definition) is 6. The molecule has 0 saturated carbocycles. The molecule has 4 aliphatic rings. The van der Waals surface area contributed by atoms with E-state index in [9.17, 15) is 14.0 Å². The number of amides is 2. The van der Waals surface area contributed by atoms with Gasteiger partial charge in [-0.3, -0.25) is 14.6 Å². The molecule has 1 fully saturated rings. The summed E-state index contributed by atoms with van der Waals surface area (Å²) in [6, 6.07) is 0.773. The Hall–Kier alpha value is -2.49. The maximum absolute atomic E-state index is 14.4. The van der Waals surface area contributed by atoms with E-state index < -0.39 is 11.3 Å². The molecule has 1 aromatic carbocycles. The second kappa shape index (κ2) is 8.94. The third-order valence-corrected chi connectivity index (χ3v) is 8.18. The molecule has 0 bridgehead atoms. The van der Waals surface area contributed by atoms with Gasteiger partial charge in [-0.15, -0.1) is 0 Å². The third kappa shape index (κ3) is 3.79. The first-order valence-corrected chi connectivity index (χ1v) is 12.4. The zero-order chi connectivity index (χ0) is 24.1. The number of ether oxygens (including phenoxy) is 1. The van der Waals surface area contributed by atoms with Gasteiger partial charge in [-0.2, -0.15) is 0 Å². The van der Waals surface area contributed by atoms with Crippen LogP contribution in [-0.4, -0.2) is 70.4 Å². The Morgan fingerprint density at radius 2 is 2.15 bits per heavy atom. The smallest absolute Gasteiger partial charge is 0.258 e. The lowest BCUT2D eigenvalue weighted by Gasteiger charge is -2.42. The van der Waals surface area contributed by atoms with Crippen molar-refractivity contribution in [2.24, 2.45) is 10.7 Å². The molecule has 0 radical (unpaired) electrons. The summed E-state index contributed by atoms with van der Waals surface area (Å²) >= 11 is 14.6. The second-order valence-electron chi connectivity index (χ2n) is 8.33. The van der Waals surface area contributed by atoms with Crippen molar-refractivity contribution in [3.05, 3.63) is 57.9 Å². The first-order chi connectivity index (χ1) is 16.3. The molecule has 11 heteroatoms. The summed E-state index contributed by atoms with van der Waals surface area (Å²) in [5.41, 5.74) is 7.18. The van der Waals surface area contributed by atoms with E-state index >= 15 is 0 Å². The second-order valence-corrected chi connectivity index (χ2v) is 10.3. The summed E-state index contributed by atoms with van der Waals surface area (Å²) in [5.74, 6) is -0.512. The lowest BCUT2D eigenvalue weighted by molar-refractivity contribution is -0.128. The Bertz CT molecular complexity index is 1200. The number of halogens is 3. The lowest BCUT2D eigenvalue weighted by Crippen LogP contribution is -2.57. The van der Waals surface area contributed by atoms with Crippen molar-refractivity contribution < 1.29 is 18.7 Å². The number of nitrogens with two attached hydrogens (primary N) is 1. The van der Waals surface area contributed by atoms with Gasteiger partial charge in [0.25, 0.3) is 5.91 Å². The Kier molecular flexibility index (Phi) is 6.12. The molecule has 34 heavy (non-hydrogen) atoms. The number of piperazine rings is 1. The van der Waals surface area contributed by atoms with Crippen LogP contribution in [0.2, 0.25) is 10.0 Å². The quantitative estimate of drug-likeness (QED) is 0.598. The highest BCUT2D eigenvalue weighted by molar-refractivity contribution is 8.14. The molecule has 1 aromatic rings. The minimum Gasteiger partial charge on any atom is -0.491 e. The van der Waals surface area contributed by atoms with Gasteiger partial charge in [-0.25, -0.2) is 4.39 Å². The molecule has 7 nitrogen and oxygen atoms in total. The van der Waals surface area contributed by atoms with E-state index in [4.69, 9.17) is 33.7 Å². The van der Waals surface area contributed by atoms with Gasteiger partial charge in [0.05, 0.1) is 39.5 Å². The number of benzene rings is 1. The first-order valence-electron chi connectivity index (χ1n) is 10.7. The molecule has 2 amide bonds. The number of hydrogen-bond donors (Lipinski definition) is 1. The van der Waals surface area contributed by atoms with Crippen LogP contribution in [0.15, 0.2) is 41.7 Å². The van der Waals surface area contributed by atoms with Gasteiger partial charge in [0.15, 0.2) is 10.9 Å². The fourth-order valence-corrected chi connectivity index (χ4v) is 6.47.